The molecule has 0 radical (unpaired) electrons. The molecule has 3 aromatic rings. The third-order valence-corrected chi connectivity index (χ3v) is 4.28. The van der Waals surface area contributed by atoms with Gasteiger partial charge in [0, 0.05) is 27.7 Å². The Morgan fingerprint density at radius 2 is 2.00 bits per heavy atom. The second-order valence-electron chi connectivity index (χ2n) is 5.61. The maximum Gasteiger partial charge on any atom is 0.252 e. The first-order valence-corrected chi connectivity index (χ1v) is 8.23. The predicted molar refractivity (Wildman–Crippen MR) is 97.5 cm³/mol. The first kappa shape index (κ1) is 17.0. The summed E-state index contributed by atoms with van der Waals surface area (Å²) in [7, 11) is 0. The van der Waals surface area contributed by atoms with E-state index in [9.17, 15) is 9.59 Å². The number of hydrogen-bond donors (Lipinski definition) is 2. The fraction of sp³-hybridized carbons (Fsp3) is 0.158. The Balaban J connectivity index is 1.84. The summed E-state index contributed by atoms with van der Waals surface area (Å²) in [6, 6.07) is 10.4. The number of primary amides is 1. The van der Waals surface area contributed by atoms with E-state index in [1.165, 1.54) is 12.1 Å². The highest BCUT2D eigenvalue weighted by Gasteiger charge is 2.16. The molecule has 128 valence electrons. The number of benzene rings is 2. The van der Waals surface area contributed by atoms with Crippen LogP contribution in [0.1, 0.15) is 33.2 Å². The van der Waals surface area contributed by atoms with Crippen molar-refractivity contribution in [2.75, 3.05) is 6.61 Å². The Morgan fingerprint density at radius 1 is 1.20 bits per heavy atom. The zero-order valence-corrected chi connectivity index (χ0v) is 14.4. The van der Waals surface area contributed by atoms with Crippen molar-refractivity contribution in [3.05, 3.63) is 64.3 Å². The number of halogens is 1. The molecule has 0 fully saturated rings. The first-order valence-electron chi connectivity index (χ1n) is 7.85. The number of amides is 1. The summed E-state index contributed by atoms with van der Waals surface area (Å²) in [6.07, 6.45) is 2.56. The maximum atomic E-state index is 12.6. The van der Waals surface area contributed by atoms with E-state index in [0.29, 0.717) is 10.6 Å². The van der Waals surface area contributed by atoms with E-state index in [1.54, 1.807) is 12.3 Å². The summed E-state index contributed by atoms with van der Waals surface area (Å²) in [6.45, 7) is 1.86. The average Bonchev–Trinajstić information content (AvgIpc) is 3.04. The lowest BCUT2D eigenvalue weighted by Crippen LogP contribution is -2.16. The van der Waals surface area contributed by atoms with Gasteiger partial charge in [0.2, 0.25) is 5.78 Å². The average molecular weight is 357 g/mol. The molecular weight excluding hydrogens is 340 g/mol. The van der Waals surface area contributed by atoms with Crippen molar-refractivity contribution in [3.8, 4) is 5.75 Å². The lowest BCUT2D eigenvalue weighted by Gasteiger charge is -2.09. The van der Waals surface area contributed by atoms with Crippen LogP contribution < -0.4 is 10.5 Å². The highest BCUT2D eigenvalue weighted by Crippen LogP contribution is 2.25. The minimum atomic E-state index is -0.662. The second kappa shape index (κ2) is 6.99. The molecule has 2 aromatic carbocycles. The molecule has 0 unspecified atom stereocenters. The van der Waals surface area contributed by atoms with Crippen LogP contribution in [0.4, 0.5) is 0 Å². The number of rotatable bonds is 6. The van der Waals surface area contributed by atoms with Crippen LogP contribution in [0.5, 0.6) is 5.75 Å². The number of nitrogens with one attached hydrogen (secondary N) is 1. The summed E-state index contributed by atoms with van der Waals surface area (Å²) in [5.41, 5.74) is 8.13. The Hall–Kier alpha value is -2.79. The van der Waals surface area contributed by atoms with Crippen molar-refractivity contribution in [2.24, 2.45) is 5.73 Å². The van der Waals surface area contributed by atoms with Gasteiger partial charge in [0.1, 0.15) is 5.75 Å². The van der Waals surface area contributed by atoms with E-state index in [2.05, 4.69) is 11.9 Å². The molecule has 0 saturated carbocycles. The van der Waals surface area contributed by atoms with Gasteiger partial charge in [0.15, 0.2) is 6.61 Å². The Kier molecular flexibility index (Phi) is 4.76. The summed E-state index contributed by atoms with van der Waals surface area (Å²) < 4.78 is 5.52. The number of hydrogen-bond acceptors (Lipinski definition) is 3. The van der Waals surface area contributed by atoms with E-state index in [0.717, 1.165) is 22.9 Å². The van der Waals surface area contributed by atoms with Gasteiger partial charge in [-0.25, -0.2) is 0 Å². The molecule has 0 spiro atoms. The van der Waals surface area contributed by atoms with E-state index in [4.69, 9.17) is 22.1 Å². The molecular formula is C19H17ClN2O3. The molecule has 3 N–H and O–H groups in total. The number of Topliss-reactive ketones (excluding diaryl/α,β-unsaturated/α-hetero) is 1. The largest absolute Gasteiger partial charge is 0.485 e. The highest BCUT2D eigenvalue weighted by molar-refractivity contribution is 6.31. The smallest absolute Gasteiger partial charge is 0.252 e. The number of carbonyl (C=O) groups excluding carboxylic acids is 2. The molecule has 1 amide bonds. The fourth-order valence-corrected chi connectivity index (χ4v) is 2.96. The van der Waals surface area contributed by atoms with E-state index >= 15 is 0 Å². The van der Waals surface area contributed by atoms with Gasteiger partial charge in [-0.2, -0.15) is 0 Å². The van der Waals surface area contributed by atoms with Crippen LogP contribution in [0.2, 0.25) is 5.02 Å². The van der Waals surface area contributed by atoms with Gasteiger partial charge in [-0.3, -0.25) is 9.59 Å². The van der Waals surface area contributed by atoms with Gasteiger partial charge in [-0.05, 0) is 30.2 Å². The second-order valence-corrected chi connectivity index (χ2v) is 6.05. The minimum Gasteiger partial charge on any atom is -0.485 e. The third-order valence-electron chi connectivity index (χ3n) is 4.05. The normalized spacial score (nSPS) is 10.8. The van der Waals surface area contributed by atoms with E-state index < -0.39 is 5.91 Å². The van der Waals surface area contributed by atoms with Crippen molar-refractivity contribution in [1.29, 1.82) is 0 Å². The lowest BCUT2D eigenvalue weighted by molar-refractivity contribution is 0.0913. The van der Waals surface area contributed by atoms with Crippen molar-refractivity contribution < 1.29 is 14.3 Å². The maximum absolute atomic E-state index is 12.6. The van der Waals surface area contributed by atoms with Crippen molar-refractivity contribution in [3.63, 3.8) is 0 Å². The number of aryl methyl sites for hydroxylation is 1. The number of para-hydroxylation sites is 1. The highest BCUT2D eigenvalue weighted by atomic mass is 35.5. The van der Waals surface area contributed by atoms with Crippen molar-refractivity contribution in [2.45, 2.75) is 13.3 Å². The van der Waals surface area contributed by atoms with Crippen LogP contribution in [0.15, 0.2) is 42.6 Å². The van der Waals surface area contributed by atoms with Crippen LogP contribution in [-0.2, 0) is 6.42 Å². The molecule has 0 atom stereocenters. The number of fused-ring (bicyclic) bond motifs is 1. The number of aromatic nitrogens is 1. The van der Waals surface area contributed by atoms with Gasteiger partial charge in [-0.1, -0.05) is 36.7 Å². The molecule has 5 nitrogen and oxygen atoms in total. The SMILES string of the molecule is CCc1cccc2c(C(=O)COc3ccc(Cl)cc3C(N)=O)c[nH]c12. The van der Waals surface area contributed by atoms with Gasteiger partial charge < -0.3 is 15.5 Å². The summed E-state index contributed by atoms with van der Waals surface area (Å²) in [4.78, 5) is 27.2. The first-order chi connectivity index (χ1) is 12.0. The van der Waals surface area contributed by atoms with Gasteiger partial charge in [0.05, 0.1) is 5.56 Å². The number of H-pyrrole nitrogens is 1. The van der Waals surface area contributed by atoms with Gasteiger partial charge >= 0.3 is 0 Å². The number of nitrogens with two attached hydrogens (primary N) is 1. The van der Waals surface area contributed by atoms with Crippen LogP contribution in [0.25, 0.3) is 10.9 Å². The monoisotopic (exact) mass is 356 g/mol. The van der Waals surface area contributed by atoms with Gasteiger partial charge in [0.25, 0.3) is 5.91 Å². The van der Waals surface area contributed by atoms with Crippen LogP contribution in [0, 0.1) is 0 Å². The number of ether oxygens (including phenoxy) is 1. The zero-order valence-electron chi connectivity index (χ0n) is 13.6. The summed E-state index contributed by atoms with van der Waals surface area (Å²) in [5.74, 6) is -0.617. The Labute approximate surface area is 149 Å². The summed E-state index contributed by atoms with van der Waals surface area (Å²) >= 11 is 5.86. The van der Waals surface area contributed by atoms with Crippen LogP contribution in [-0.4, -0.2) is 23.3 Å². The van der Waals surface area contributed by atoms with Crippen molar-refractivity contribution >= 4 is 34.2 Å². The number of ketones is 1. The zero-order chi connectivity index (χ0) is 18.0. The molecule has 1 aromatic heterocycles. The molecule has 0 aliphatic heterocycles. The Bertz CT molecular complexity index is 962. The third kappa shape index (κ3) is 3.37. The molecule has 0 aliphatic carbocycles. The number of carbonyl (C=O) groups is 2. The molecule has 25 heavy (non-hydrogen) atoms. The van der Waals surface area contributed by atoms with E-state index in [-0.39, 0.29) is 23.7 Å². The fourth-order valence-electron chi connectivity index (χ4n) is 2.78. The molecule has 0 bridgehead atoms. The predicted octanol–water partition coefficient (Wildman–Crippen LogP) is 3.74. The van der Waals surface area contributed by atoms with E-state index in [1.807, 2.05) is 18.2 Å². The lowest BCUT2D eigenvalue weighted by atomic mass is 10.1. The molecule has 0 aliphatic rings. The van der Waals surface area contributed by atoms with Crippen LogP contribution in [0.3, 0.4) is 0 Å². The van der Waals surface area contributed by atoms with Crippen molar-refractivity contribution in [1.82, 2.24) is 4.98 Å². The standard InChI is InChI=1S/C19H17ClN2O3/c1-2-11-4-3-5-13-15(9-22-18(11)13)16(23)10-25-17-7-6-12(20)8-14(17)19(21)24/h3-9,22H,2,10H2,1H3,(H2,21,24). The number of aromatic amines is 1. The van der Waals surface area contributed by atoms with Crippen LogP contribution >= 0.6 is 11.6 Å². The molecule has 6 heteroatoms. The minimum absolute atomic E-state index is 0.146. The molecule has 0 saturated heterocycles. The van der Waals surface area contributed by atoms with Gasteiger partial charge in [-0.15, -0.1) is 0 Å². The molecule has 1 heterocycles. The summed E-state index contributed by atoms with van der Waals surface area (Å²) in [5, 5.41) is 1.23. The topological polar surface area (TPSA) is 85.2 Å². The Morgan fingerprint density at radius 3 is 2.72 bits per heavy atom. The quantitative estimate of drug-likeness (QED) is 0.660. The molecule has 3 rings (SSSR count).